The largest absolute Gasteiger partial charge is 0.283 e. The van der Waals surface area contributed by atoms with Crippen LogP contribution in [0.25, 0.3) is 138 Å². The van der Waals surface area contributed by atoms with Gasteiger partial charge in [0.25, 0.3) is 0 Å². The Kier molecular flexibility index (Phi) is 15.0. The van der Waals surface area contributed by atoms with E-state index in [4.69, 9.17) is 19.9 Å². The predicted octanol–water partition coefficient (Wildman–Crippen LogP) is 19.8. The Bertz CT molecular complexity index is 7320. The maximum atomic E-state index is 5.10. The van der Waals surface area contributed by atoms with Crippen molar-refractivity contribution in [2.75, 3.05) is 0 Å². The summed E-state index contributed by atoms with van der Waals surface area (Å²) >= 11 is 6.99. The summed E-state index contributed by atoms with van der Waals surface area (Å²) in [4.78, 5) is 24.4. The highest BCUT2D eigenvalue weighted by molar-refractivity contribution is 7.25. The summed E-state index contributed by atoms with van der Waals surface area (Å²) < 4.78 is 14.3. The zero-order valence-electron chi connectivity index (χ0n) is 59.7. The molecule has 0 unspecified atom stereocenters. The van der Waals surface area contributed by atoms with Crippen LogP contribution >= 0.6 is 45.3 Å². The molecule has 0 aliphatic carbocycles. The number of thiazole rings is 4. The van der Waals surface area contributed by atoms with Gasteiger partial charge in [-0.3, -0.25) is 17.6 Å². The Morgan fingerprint density at radius 1 is 0.209 bits per heavy atom. The summed E-state index contributed by atoms with van der Waals surface area (Å²) in [6, 6.07) is 130. The number of para-hydroxylation sites is 4. The third-order valence-electron chi connectivity index (χ3n) is 22.5. The molecule has 8 nitrogen and oxygen atoms in total. The number of rotatable bonds is 11. The second-order valence-electron chi connectivity index (χ2n) is 28.6. The number of nitrogens with zero attached hydrogens (tertiary/aromatic N) is 8. The van der Waals surface area contributed by atoms with Gasteiger partial charge in [0.2, 0.25) is 0 Å². The Labute approximate surface area is 650 Å². The molecule has 0 saturated heterocycles. The van der Waals surface area contributed by atoms with Crippen molar-refractivity contribution < 1.29 is 0 Å². The van der Waals surface area contributed by atoms with Crippen molar-refractivity contribution in [3.8, 4) is 33.4 Å². The van der Waals surface area contributed by atoms with E-state index in [0.717, 1.165) is 64.0 Å². The lowest BCUT2D eigenvalue weighted by Gasteiger charge is -2.35. The maximum Gasteiger partial charge on any atom is 0.195 e. The van der Waals surface area contributed by atoms with Crippen LogP contribution in [0.4, 0.5) is 0 Å². The lowest BCUT2D eigenvalue weighted by Crippen LogP contribution is -2.74. The van der Waals surface area contributed by atoms with Gasteiger partial charge in [-0.25, -0.2) is 19.9 Å². The van der Waals surface area contributed by atoms with Gasteiger partial charge in [-0.15, -0.1) is 0 Å². The van der Waals surface area contributed by atoms with Crippen LogP contribution in [0.2, 0.25) is 0 Å². The maximum absolute atomic E-state index is 5.10. The SMILES string of the molecule is Cc1cc2nc3sc4ccccc4n3c2cc1-c1cccc([Si](c2ccccc2)(c2ccccc2)c2cccc(-c3cc4c(cc3C)nc3sc5ccccc5n34)c2)c1.c1ccc([Si](c2ccccc2)(c2cccc(-c3ccc4nc5sc6ccccc6n5c4c3)c2)c2ccc3nc4sc5ccccc5n4c3c2)cc1. The number of aromatic nitrogens is 8. The summed E-state index contributed by atoms with van der Waals surface area (Å²) in [5, 5.41) is 10.8. The van der Waals surface area contributed by atoms with Crippen LogP contribution in [-0.2, 0) is 0 Å². The van der Waals surface area contributed by atoms with E-state index in [1.54, 1.807) is 45.3 Å². The molecule has 110 heavy (non-hydrogen) atoms. The average Bonchev–Trinajstić information content (AvgIpc) is 1.08. The second kappa shape index (κ2) is 25.6. The first-order valence-electron chi connectivity index (χ1n) is 37.1. The number of aryl methyl sites for hydroxylation is 2. The third-order valence-corrected chi connectivity index (χ3v) is 36.1. The van der Waals surface area contributed by atoms with Gasteiger partial charge < -0.3 is 0 Å². The molecule has 0 aliphatic rings. The summed E-state index contributed by atoms with van der Waals surface area (Å²) in [5.41, 5.74) is 23.2. The van der Waals surface area contributed by atoms with E-state index >= 15 is 0 Å². The minimum Gasteiger partial charge on any atom is -0.283 e. The fourth-order valence-electron chi connectivity index (χ4n) is 17.6. The van der Waals surface area contributed by atoms with E-state index in [1.165, 1.54) is 127 Å². The van der Waals surface area contributed by atoms with Crippen LogP contribution in [0.3, 0.4) is 0 Å². The molecule has 0 bridgehead atoms. The van der Waals surface area contributed by atoms with Gasteiger partial charge >= 0.3 is 0 Å². The van der Waals surface area contributed by atoms with E-state index in [-0.39, 0.29) is 0 Å². The summed E-state index contributed by atoms with van der Waals surface area (Å²) in [6.07, 6.45) is 0. The number of benzene rings is 15. The van der Waals surface area contributed by atoms with Gasteiger partial charge in [-0.1, -0.05) is 300 Å². The number of imidazole rings is 4. The normalized spacial score (nSPS) is 12.3. The molecule has 23 aromatic rings. The molecule has 0 amide bonds. The van der Waals surface area contributed by atoms with Crippen LogP contribution in [0, 0.1) is 13.8 Å². The molecule has 0 N–H and O–H groups in total. The molecule has 14 heteroatoms. The molecule has 0 saturated carbocycles. The first-order chi connectivity index (χ1) is 54.3. The van der Waals surface area contributed by atoms with Gasteiger partial charge in [0.05, 0.1) is 85.0 Å². The van der Waals surface area contributed by atoms with E-state index in [9.17, 15) is 0 Å². The Balaban J connectivity index is 0.000000137. The fourth-order valence-corrected chi connectivity index (χ4v) is 31.4. The fraction of sp³-hybridized carbons (Fsp3) is 0.0208. The quantitative estimate of drug-likeness (QED) is 0.0956. The first kappa shape index (κ1) is 64.7. The van der Waals surface area contributed by atoms with Crippen molar-refractivity contribution in [1.82, 2.24) is 37.5 Å². The van der Waals surface area contributed by atoms with Crippen molar-refractivity contribution >= 4 is 208 Å². The summed E-state index contributed by atoms with van der Waals surface area (Å²) in [6.45, 7) is 4.45. The molecule has 0 spiro atoms. The van der Waals surface area contributed by atoms with Gasteiger partial charge in [-0.05, 0) is 197 Å². The van der Waals surface area contributed by atoms with Gasteiger partial charge in [0.1, 0.15) is 0 Å². The highest BCUT2D eigenvalue weighted by Gasteiger charge is 2.44. The van der Waals surface area contributed by atoms with Crippen LogP contribution in [0.15, 0.2) is 352 Å². The molecule has 23 rings (SSSR count). The highest BCUT2D eigenvalue weighted by atomic mass is 32.1. The molecular weight excluding hydrogens is 1450 g/mol. The van der Waals surface area contributed by atoms with E-state index < -0.39 is 16.1 Å². The molecule has 0 radical (unpaired) electrons. The molecule has 0 fully saturated rings. The van der Waals surface area contributed by atoms with Crippen LogP contribution in [0.1, 0.15) is 11.1 Å². The molecule has 0 atom stereocenters. The monoisotopic (exact) mass is 1510 g/mol. The van der Waals surface area contributed by atoms with Gasteiger partial charge in [0, 0.05) is 0 Å². The Morgan fingerprint density at radius 3 is 0.873 bits per heavy atom. The van der Waals surface area contributed by atoms with Crippen LogP contribution in [-0.4, -0.2) is 53.7 Å². The highest BCUT2D eigenvalue weighted by Crippen LogP contribution is 2.39. The minimum absolute atomic E-state index is 1.02. The zero-order chi connectivity index (χ0) is 72.8. The average molecular weight is 1510 g/mol. The molecule has 8 aromatic heterocycles. The van der Waals surface area contributed by atoms with E-state index in [2.05, 4.69) is 383 Å². The van der Waals surface area contributed by atoms with E-state index in [1.807, 2.05) is 0 Å². The van der Waals surface area contributed by atoms with Crippen molar-refractivity contribution in [2.24, 2.45) is 0 Å². The Morgan fingerprint density at radius 2 is 0.491 bits per heavy atom. The third kappa shape index (κ3) is 10.0. The van der Waals surface area contributed by atoms with Crippen molar-refractivity contribution in [1.29, 1.82) is 0 Å². The summed E-state index contributed by atoms with van der Waals surface area (Å²) in [5.74, 6) is 0. The molecule has 520 valence electrons. The van der Waals surface area contributed by atoms with Crippen LogP contribution < -0.4 is 41.5 Å². The number of hydrogen-bond acceptors (Lipinski definition) is 8. The topological polar surface area (TPSA) is 69.2 Å². The molecule has 8 heterocycles. The summed E-state index contributed by atoms with van der Waals surface area (Å²) in [7, 11) is -5.77. The standard InChI is InChI=1S/C52H36N4S2Si.C44H28N4S2Si/c1-33-27-43-47(55-45-23-9-11-25-49(45)57-51(55)53-43)31-41(33)35-15-13-21-39(29-35)59(37-17-5-3-6-18-37,38-19-7-4-8-20-38)40-22-14-16-36(30-40)42-32-48-44(28-34(42)2)54-52-56(48)46-24-10-12-26-50(46)58-52;1-3-13-31(14-4-1)51(32-15-5-2-6-16-32,34-23-25-36-40(28-34)48-38-19-8-10-21-42(38)50-44(48)46-36)33-17-11-12-29(26-33)30-22-24-35-39(27-30)47-37-18-7-9-20-41(37)49-43(47)45-35/h3-32H,1-2H3;1-28H. The number of fused-ring (bicyclic) bond motifs is 20. The Hall–Kier alpha value is -12.5. The lowest BCUT2D eigenvalue weighted by atomic mass is 9.99. The zero-order valence-corrected chi connectivity index (χ0v) is 65.0. The van der Waals surface area contributed by atoms with Crippen molar-refractivity contribution in [3.63, 3.8) is 0 Å². The van der Waals surface area contributed by atoms with Gasteiger partial charge in [-0.2, -0.15) is 0 Å². The van der Waals surface area contributed by atoms with Crippen molar-refractivity contribution in [3.05, 3.63) is 363 Å². The second-order valence-corrected chi connectivity index (χ2v) is 40.3. The van der Waals surface area contributed by atoms with E-state index in [0.29, 0.717) is 0 Å². The minimum atomic E-state index is -2.91. The number of hydrogen-bond donors (Lipinski definition) is 0. The molecular formula is C96H64N8S4Si2. The lowest BCUT2D eigenvalue weighted by molar-refractivity contribution is 1.34. The predicted molar refractivity (Wildman–Crippen MR) is 472 cm³/mol. The molecule has 0 aliphatic heterocycles. The molecule has 15 aromatic carbocycles. The smallest absolute Gasteiger partial charge is 0.195 e. The van der Waals surface area contributed by atoms with Crippen molar-refractivity contribution in [2.45, 2.75) is 13.8 Å². The van der Waals surface area contributed by atoms with Gasteiger partial charge in [0.15, 0.2) is 36.0 Å². The van der Waals surface area contributed by atoms with Crippen LogP contribution in [0.5, 0.6) is 0 Å². The first-order valence-corrected chi connectivity index (χ1v) is 44.3.